The number of thiazole rings is 1. The van der Waals surface area contributed by atoms with Crippen molar-refractivity contribution < 1.29 is 9.18 Å². The van der Waals surface area contributed by atoms with Crippen molar-refractivity contribution in [3.8, 4) is 0 Å². The molecule has 0 saturated heterocycles. The third-order valence-electron chi connectivity index (χ3n) is 2.87. The van der Waals surface area contributed by atoms with Gasteiger partial charge in [0, 0.05) is 23.8 Å². The molecule has 20 heavy (non-hydrogen) atoms. The van der Waals surface area contributed by atoms with Crippen molar-refractivity contribution in [2.45, 2.75) is 13.5 Å². The zero-order valence-corrected chi connectivity index (χ0v) is 11.6. The van der Waals surface area contributed by atoms with Crippen LogP contribution < -0.4 is 5.32 Å². The maximum atomic E-state index is 12.8. The number of hydrogen-bond donors (Lipinski definition) is 1. The lowest BCUT2D eigenvalue weighted by atomic mass is 10.2. The van der Waals surface area contributed by atoms with Crippen LogP contribution in [-0.2, 0) is 6.54 Å². The SMILES string of the molecule is Cc1cn2cc(C(=O)NCc3ccc(F)cc3)nc2s1. The van der Waals surface area contributed by atoms with Gasteiger partial charge in [0.05, 0.1) is 0 Å². The summed E-state index contributed by atoms with van der Waals surface area (Å²) in [6, 6.07) is 6.03. The average molecular weight is 289 g/mol. The van der Waals surface area contributed by atoms with Gasteiger partial charge in [-0.25, -0.2) is 9.37 Å². The summed E-state index contributed by atoms with van der Waals surface area (Å²) in [4.78, 5) is 18.2. The molecule has 3 aromatic rings. The number of nitrogens with one attached hydrogen (secondary N) is 1. The number of nitrogens with zero attached hydrogens (tertiary/aromatic N) is 2. The molecule has 0 unspecified atom stereocenters. The first-order valence-corrected chi connectivity index (χ1v) is 6.91. The lowest BCUT2D eigenvalue weighted by Crippen LogP contribution is -2.23. The number of rotatable bonds is 3. The van der Waals surface area contributed by atoms with Crippen LogP contribution in [0.2, 0.25) is 0 Å². The minimum Gasteiger partial charge on any atom is -0.347 e. The van der Waals surface area contributed by atoms with Gasteiger partial charge in [-0.1, -0.05) is 12.1 Å². The van der Waals surface area contributed by atoms with Crippen LogP contribution in [0.4, 0.5) is 4.39 Å². The highest BCUT2D eigenvalue weighted by Gasteiger charge is 2.11. The number of halogens is 1. The van der Waals surface area contributed by atoms with E-state index in [0.29, 0.717) is 12.2 Å². The number of aryl methyl sites for hydroxylation is 1. The lowest BCUT2D eigenvalue weighted by molar-refractivity contribution is 0.0946. The Kier molecular flexibility index (Phi) is 3.23. The summed E-state index contributed by atoms with van der Waals surface area (Å²) in [5, 5.41) is 2.77. The molecule has 0 fully saturated rings. The quantitative estimate of drug-likeness (QED) is 0.806. The van der Waals surface area contributed by atoms with E-state index >= 15 is 0 Å². The van der Waals surface area contributed by atoms with Gasteiger partial charge in [0.15, 0.2) is 4.96 Å². The molecule has 0 radical (unpaired) electrons. The van der Waals surface area contributed by atoms with Crippen LogP contribution in [0.3, 0.4) is 0 Å². The summed E-state index contributed by atoms with van der Waals surface area (Å²) in [6.45, 7) is 2.34. The molecule has 3 rings (SSSR count). The second kappa shape index (κ2) is 5.05. The zero-order chi connectivity index (χ0) is 14.1. The second-order valence-electron chi connectivity index (χ2n) is 4.47. The molecular formula is C14H12FN3OS. The van der Waals surface area contributed by atoms with E-state index in [0.717, 1.165) is 15.4 Å². The van der Waals surface area contributed by atoms with Gasteiger partial charge in [0.25, 0.3) is 5.91 Å². The Hall–Kier alpha value is -2.21. The molecule has 102 valence electrons. The van der Waals surface area contributed by atoms with E-state index in [9.17, 15) is 9.18 Å². The zero-order valence-electron chi connectivity index (χ0n) is 10.8. The van der Waals surface area contributed by atoms with E-state index in [4.69, 9.17) is 0 Å². The summed E-state index contributed by atoms with van der Waals surface area (Å²) < 4.78 is 14.6. The van der Waals surface area contributed by atoms with E-state index in [2.05, 4.69) is 10.3 Å². The van der Waals surface area contributed by atoms with E-state index in [-0.39, 0.29) is 11.7 Å². The maximum Gasteiger partial charge on any atom is 0.271 e. The number of fused-ring (bicyclic) bond motifs is 1. The van der Waals surface area contributed by atoms with E-state index in [1.54, 1.807) is 18.3 Å². The van der Waals surface area contributed by atoms with Gasteiger partial charge in [-0.3, -0.25) is 9.20 Å². The Balaban J connectivity index is 1.69. The monoisotopic (exact) mass is 289 g/mol. The Morgan fingerprint density at radius 3 is 2.80 bits per heavy atom. The normalized spacial score (nSPS) is 10.9. The Morgan fingerprint density at radius 1 is 1.35 bits per heavy atom. The van der Waals surface area contributed by atoms with Crippen LogP contribution in [0.5, 0.6) is 0 Å². The van der Waals surface area contributed by atoms with Crippen LogP contribution in [0.15, 0.2) is 36.7 Å². The van der Waals surface area contributed by atoms with E-state index < -0.39 is 0 Å². The minimum atomic E-state index is -0.287. The molecule has 1 aromatic carbocycles. The highest BCUT2D eigenvalue weighted by Crippen LogP contribution is 2.16. The van der Waals surface area contributed by atoms with E-state index in [1.807, 2.05) is 17.5 Å². The van der Waals surface area contributed by atoms with E-state index in [1.165, 1.54) is 23.5 Å². The molecule has 0 aliphatic heterocycles. The van der Waals surface area contributed by atoms with Crippen molar-refractivity contribution in [2.75, 3.05) is 0 Å². The standard InChI is InChI=1S/C14H12FN3OS/c1-9-7-18-8-12(17-14(18)20-9)13(19)16-6-10-2-4-11(15)5-3-10/h2-5,7-8H,6H2,1H3,(H,16,19). The number of carbonyl (C=O) groups is 1. The third kappa shape index (κ3) is 2.55. The molecule has 0 saturated carbocycles. The topological polar surface area (TPSA) is 46.4 Å². The fourth-order valence-electron chi connectivity index (χ4n) is 1.90. The van der Waals surface area contributed by atoms with Crippen LogP contribution in [0.1, 0.15) is 20.9 Å². The molecule has 2 aromatic heterocycles. The largest absolute Gasteiger partial charge is 0.347 e. The van der Waals surface area contributed by atoms with Gasteiger partial charge in [-0.15, -0.1) is 11.3 Å². The number of aromatic nitrogens is 2. The fourth-order valence-corrected chi connectivity index (χ4v) is 2.70. The van der Waals surface area contributed by atoms with Crippen molar-refractivity contribution in [3.05, 3.63) is 58.6 Å². The van der Waals surface area contributed by atoms with Gasteiger partial charge in [0.2, 0.25) is 0 Å². The van der Waals surface area contributed by atoms with Crippen LogP contribution in [0.25, 0.3) is 4.96 Å². The summed E-state index contributed by atoms with van der Waals surface area (Å²) in [7, 11) is 0. The van der Waals surface area contributed by atoms with Gasteiger partial charge >= 0.3 is 0 Å². The van der Waals surface area contributed by atoms with Crippen LogP contribution >= 0.6 is 11.3 Å². The van der Waals surface area contributed by atoms with Crippen molar-refractivity contribution >= 4 is 22.2 Å². The summed E-state index contributed by atoms with van der Waals surface area (Å²) in [6.07, 6.45) is 3.64. The molecule has 0 spiro atoms. The molecule has 2 heterocycles. The lowest BCUT2D eigenvalue weighted by Gasteiger charge is -2.03. The number of hydrogen-bond acceptors (Lipinski definition) is 3. The summed E-state index contributed by atoms with van der Waals surface area (Å²) >= 11 is 1.54. The molecule has 0 bridgehead atoms. The summed E-state index contributed by atoms with van der Waals surface area (Å²) in [5.74, 6) is -0.521. The average Bonchev–Trinajstić information content (AvgIpc) is 2.95. The number of carbonyl (C=O) groups excluding carboxylic acids is 1. The van der Waals surface area contributed by atoms with Crippen molar-refractivity contribution in [3.63, 3.8) is 0 Å². The molecule has 0 aliphatic carbocycles. The van der Waals surface area contributed by atoms with Crippen LogP contribution in [-0.4, -0.2) is 15.3 Å². The van der Waals surface area contributed by atoms with Gasteiger partial charge in [-0.05, 0) is 24.6 Å². The molecule has 1 N–H and O–H groups in total. The second-order valence-corrected chi connectivity index (χ2v) is 5.68. The molecular weight excluding hydrogens is 277 g/mol. The van der Waals surface area contributed by atoms with Crippen molar-refractivity contribution in [1.82, 2.24) is 14.7 Å². The Morgan fingerprint density at radius 2 is 2.10 bits per heavy atom. The Labute approximate surface area is 118 Å². The highest BCUT2D eigenvalue weighted by atomic mass is 32.1. The summed E-state index contributed by atoms with van der Waals surface area (Å²) in [5.41, 5.74) is 1.23. The smallest absolute Gasteiger partial charge is 0.271 e. The molecule has 4 nitrogen and oxygen atoms in total. The molecule has 1 amide bonds. The first-order valence-electron chi connectivity index (χ1n) is 6.09. The number of benzene rings is 1. The highest BCUT2D eigenvalue weighted by molar-refractivity contribution is 7.17. The molecule has 0 atom stereocenters. The first-order chi connectivity index (χ1) is 9.61. The first kappa shape index (κ1) is 12.8. The Bertz CT molecular complexity index is 729. The minimum absolute atomic E-state index is 0.233. The maximum absolute atomic E-state index is 12.8. The van der Waals surface area contributed by atoms with Gasteiger partial charge in [-0.2, -0.15) is 0 Å². The van der Waals surface area contributed by atoms with Crippen LogP contribution in [0, 0.1) is 12.7 Å². The van der Waals surface area contributed by atoms with Gasteiger partial charge in [0.1, 0.15) is 11.5 Å². The number of amides is 1. The molecule has 6 heteroatoms. The van der Waals surface area contributed by atoms with Crippen molar-refractivity contribution in [1.29, 1.82) is 0 Å². The third-order valence-corrected chi connectivity index (χ3v) is 3.78. The van der Waals surface area contributed by atoms with Crippen molar-refractivity contribution in [2.24, 2.45) is 0 Å². The predicted octanol–water partition coefficient (Wildman–Crippen LogP) is 2.77. The molecule has 0 aliphatic rings. The number of imidazole rings is 1. The predicted molar refractivity (Wildman–Crippen MR) is 75.4 cm³/mol. The fraction of sp³-hybridized carbons (Fsp3) is 0.143. The van der Waals surface area contributed by atoms with Gasteiger partial charge < -0.3 is 5.32 Å².